The van der Waals surface area contributed by atoms with Gasteiger partial charge in [0.1, 0.15) is 6.54 Å². The van der Waals surface area contributed by atoms with Gasteiger partial charge in [0.05, 0.1) is 18.8 Å². The molecule has 2 fully saturated rings. The van der Waals surface area contributed by atoms with Gasteiger partial charge in [0, 0.05) is 18.9 Å². The van der Waals surface area contributed by atoms with Gasteiger partial charge in [0.15, 0.2) is 0 Å². The Morgan fingerprint density at radius 3 is 2.91 bits per heavy atom. The highest BCUT2D eigenvalue weighted by Gasteiger charge is 2.33. The average Bonchev–Trinajstić information content (AvgIpc) is 3.17. The molecule has 3 amide bonds. The van der Waals surface area contributed by atoms with Crippen LogP contribution in [0.3, 0.4) is 0 Å². The zero-order valence-corrected chi connectivity index (χ0v) is 12.9. The van der Waals surface area contributed by atoms with E-state index in [1.165, 1.54) is 0 Å². The van der Waals surface area contributed by atoms with E-state index in [0.717, 1.165) is 25.7 Å². The molecule has 2 heterocycles. The largest absolute Gasteiger partial charge is 0.333 e. The second-order valence-corrected chi connectivity index (χ2v) is 5.98. The number of aromatic nitrogens is 2. The maximum Gasteiger partial charge on any atom is 0.319 e. The molecule has 0 spiro atoms. The molecular weight excluding hydrogens is 282 g/mol. The lowest BCUT2D eigenvalue weighted by Gasteiger charge is -2.33. The van der Waals surface area contributed by atoms with Gasteiger partial charge in [-0.1, -0.05) is 12.8 Å². The van der Waals surface area contributed by atoms with Crippen LogP contribution in [-0.2, 0) is 4.79 Å². The number of amides is 3. The maximum absolute atomic E-state index is 12.4. The van der Waals surface area contributed by atoms with Gasteiger partial charge in [-0.3, -0.25) is 14.4 Å². The lowest BCUT2D eigenvalue weighted by molar-refractivity contribution is -0.126. The third kappa shape index (κ3) is 2.93. The molecule has 7 heteroatoms. The minimum Gasteiger partial charge on any atom is -0.333 e. The molecule has 1 aromatic heterocycles. The number of nitrogens with zero attached hydrogens (tertiary/aromatic N) is 4. The first-order valence-electron chi connectivity index (χ1n) is 8.01. The smallest absolute Gasteiger partial charge is 0.319 e. The molecule has 1 N–H and O–H groups in total. The fraction of sp³-hybridized carbons (Fsp3) is 0.667. The van der Waals surface area contributed by atoms with E-state index in [9.17, 15) is 9.59 Å². The van der Waals surface area contributed by atoms with Crippen molar-refractivity contribution < 1.29 is 9.59 Å². The summed E-state index contributed by atoms with van der Waals surface area (Å²) < 4.78 is 1.94. The second kappa shape index (κ2) is 6.37. The Morgan fingerprint density at radius 2 is 2.23 bits per heavy atom. The molecule has 0 radical (unpaired) electrons. The second-order valence-electron chi connectivity index (χ2n) is 5.98. The van der Waals surface area contributed by atoms with Crippen molar-refractivity contribution in [2.45, 2.75) is 44.7 Å². The van der Waals surface area contributed by atoms with E-state index >= 15 is 0 Å². The number of likely N-dealkylation sites (N-methyl/N-ethyl adjacent to an activating group) is 1. The van der Waals surface area contributed by atoms with Crippen molar-refractivity contribution >= 4 is 11.9 Å². The van der Waals surface area contributed by atoms with Gasteiger partial charge in [-0.25, -0.2) is 4.79 Å². The fourth-order valence-corrected chi connectivity index (χ4v) is 3.33. The first-order valence-corrected chi connectivity index (χ1v) is 8.01. The van der Waals surface area contributed by atoms with Crippen LogP contribution in [0.1, 0.15) is 38.6 Å². The Balaban J connectivity index is 1.63. The highest BCUT2D eigenvalue weighted by Crippen LogP contribution is 2.28. The van der Waals surface area contributed by atoms with E-state index in [4.69, 9.17) is 0 Å². The van der Waals surface area contributed by atoms with E-state index in [1.807, 2.05) is 23.9 Å². The van der Waals surface area contributed by atoms with E-state index in [2.05, 4.69) is 10.4 Å². The Hall–Kier alpha value is -2.05. The molecule has 1 saturated carbocycles. The molecular formula is C15H23N5O2. The van der Waals surface area contributed by atoms with Gasteiger partial charge in [-0.15, -0.1) is 0 Å². The van der Waals surface area contributed by atoms with Crippen molar-refractivity contribution in [1.82, 2.24) is 24.9 Å². The van der Waals surface area contributed by atoms with Gasteiger partial charge in [0.2, 0.25) is 5.91 Å². The van der Waals surface area contributed by atoms with Crippen LogP contribution in [-0.4, -0.2) is 57.3 Å². The Kier molecular flexibility index (Phi) is 4.31. The predicted molar refractivity (Wildman–Crippen MR) is 81.0 cm³/mol. The van der Waals surface area contributed by atoms with E-state index in [0.29, 0.717) is 13.2 Å². The van der Waals surface area contributed by atoms with Crippen molar-refractivity contribution in [1.29, 1.82) is 0 Å². The van der Waals surface area contributed by atoms with Gasteiger partial charge in [0.25, 0.3) is 0 Å². The summed E-state index contributed by atoms with van der Waals surface area (Å²) >= 11 is 0. The van der Waals surface area contributed by atoms with Gasteiger partial charge in [-0.05, 0) is 25.8 Å². The van der Waals surface area contributed by atoms with Crippen LogP contribution < -0.4 is 5.32 Å². The highest BCUT2D eigenvalue weighted by atomic mass is 16.2. The molecule has 22 heavy (non-hydrogen) atoms. The highest BCUT2D eigenvalue weighted by molar-refractivity contribution is 5.87. The minimum atomic E-state index is -0.145. The van der Waals surface area contributed by atoms with Gasteiger partial charge < -0.3 is 10.2 Å². The molecule has 3 rings (SSSR count). The first-order chi connectivity index (χ1) is 10.7. The number of urea groups is 1. The van der Waals surface area contributed by atoms with Crippen LogP contribution in [0.25, 0.3) is 0 Å². The molecule has 2 unspecified atom stereocenters. The Bertz CT molecular complexity index is 530. The molecule has 0 aromatic carbocycles. The average molecular weight is 305 g/mol. The lowest BCUT2D eigenvalue weighted by atomic mass is 9.90. The van der Waals surface area contributed by atoms with E-state index in [-0.39, 0.29) is 30.6 Å². The molecule has 7 nitrogen and oxygen atoms in total. The van der Waals surface area contributed by atoms with Crippen LogP contribution in [0.2, 0.25) is 0 Å². The van der Waals surface area contributed by atoms with Crippen LogP contribution >= 0.6 is 0 Å². The summed E-state index contributed by atoms with van der Waals surface area (Å²) in [6, 6.07) is 2.04. The van der Waals surface area contributed by atoms with Crippen molar-refractivity contribution in [3.8, 4) is 0 Å². The number of carbonyl (C=O) groups excluding carboxylic acids is 2. The quantitative estimate of drug-likeness (QED) is 0.912. The zero-order chi connectivity index (χ0) is 15.5. The lowest BCUT2D eigenvalue weighted by Crippen LogP contribution is -2.48. The van der Waals surface area contributed by atoms with E-state index < -0.39 is 0 Å². The molecule has 120 valence electrons. The summed E-state index contributed by atoms with van der Waals surface area (Å²) in [5.41, 5.74) is 0. The minimum absolute atomic E-state index is 0.0184. The van der Waals surface area contributed by atoms with Crippen LogP contribution in [0.5, 0.6) is 0 Å². The van der Waals surface area contributed by atoms with Crippen molar-refractivity contribution in [3.63, 3.8) is 0 Å². The summed E-state index contributed by atoms with van der Waals surface area (Å²) in [5.74, 6) is 0.0184. The SMILES string of the molecule is CCN1CN(C(=O)NC2CCCCC2n2cccn2)CC1=O. The summed E-state index contributed by atoms with van der Waals surface area (Å²) in [7, 11) is 0. The van der Waals surface area contributed by atoms with Crippen LogP contribution in [0.15, 0.2) is 18.5 Å². The normalized spacial score (nSPS) is 25.6. The maximum atomic E-state index is 12.4. The Morgan fingerprint density at radius 1 is 1.41 bits per heavy atom. The zero-order valence-electron chi connectivity index (χ0n) is 12.9. The molecule has 2 atom stereocenters. The van der Waals surface area contributed by atoms with Crippen LogP contribution in [0, 0.1) is 0 Å². The van der Waals surface area contributed by atoms with Gasteiger partial charge >= 0.3 is 6.03 Å². The van der Waals surface area contributed by atoms with Crippen molar-refractivity contribution in [2.24, 2.45) is 0 Å². The number of rotatable bonds is 3. The van der Waals surface area contributed by atoms with Gasteiger partial charge in [-0.2, -0.15) is 5.10 Å². The predicted octanol–water partition coefficient (Wildman–Crippen LogP) is 1.20. The summed E-state index contributed by atoms with van der Waals surface area (Å²) in [4.78, 5) is 27.5. The molecule has 1 aliphatic heterocycles. The van der Waals surface area contributed by atoms with Crippen molar-refractivity contribution in [2.75, 3.05) is 19.8 Å². The summed E-state index contributed by atoms with van der Waals surface area (Å²) in [5, 5.41) is 7.43. The van der Waals surface area contributed by atoms with E-state index in [1.54, 1.807) is 16.0 Å². The summed E-state index contributed by atoms with van der Waals surface area (Å²) in [6.45, 7) is 3.13. The molecule has 2 aliphatic rings. The third-order valence-electron chi connectivity index (χ3n) is 4.59. The number of hydrogen-bond acceptors (Lipinski definition) is 3. The third-order valence-corrected chi connectivity index (χ3v) is 4.59. The molecule has 1 aliphatic carbocycles. The molecule has 1 saturated heterocycles. The number of nitrogens with one attached hydrogen (secondary N) is 1. The first kappa shape index (κ1) is 14.9. The molecule has 1 aromatic rings. The Labute approximate surface area is 130 Å². The van der Waals surface area contributed by atoms with Crippen LogP contribution in [0.4, 0.5) is 4.79 Å². The molecule has 0 bridgehead atoms. The number of carbonyl (C=O) groups is 2. The number of hydrogen-bond donors (Lipinski definition) is 1. The van der Waals surface area contributed by atoms with Crippen molar-refractivity contribution in [3.05, 3.63) is 18.5 Å². The monoisotopic (exact) mass is 305 g/mol. The standard InChI is InChI=1S/C15H23N5O2/c1-2-18-11-19(10-14(18)21)15(22)17-12-6-3-4-7-13(12)20-9-5-8-16-20/h5,8-9,12-13H,2-4,6-7,10-11H2,1H3,(H,17,22). The topological polar surface area (TPSA) is 70.5 Å². The fourth-order valence-electron chi connectivity index (χ4n) is 3.33. The summed E-state index contributed by atoms with van der Waals surface area (Å²) in [6.07, 6.45) is 7.96.